The Balaban J connectivity index is 1.26. The van der Waals surface area contributed by atoms with Crippen molar-refractivity contribution < 1.29 is 9.53 Å². The van der Waals surface area contributed by atoms with Crippen molar-refractivity contribution in [2.75, 3.05) is 44.6 Å². The quantitative estimate of drug-likeness (QED) is 0.821. The first kappa shape index (κ1) is 20.9. The van der Waals surface area contributed by atoms with Gasteiger partial charge in [-0.15, -0.1) is 0 Å². The number of nitrogens with one attached hydrogen (secondary N) is 1. The van der Waals surface area contributed by atoms with Gasteiger partial charge < -0.3 is 10.1 Å². The molecule has 0 bridgehead atoms. The molecule has 0 aromatic heterocycles. The molecule has 2 heterocycles. The van der Waals surface area contributed by atoms with Crippen LogP contribution in [0.25, 0.3) is 0 Å². The van der Waals surface area contributed by atoms with Crippen LogP contribution in [0, 0.1) is 0 Å². The molecule has 1 N–H and O–H groups in total. The van der Waals surface area contributed by atoms with Crippen molar-refractivity contribution >= 4 is 11.6 Å². The highest BCUT2D eigenvalue weighted by molar-refractivity contribution is 5.93. The molecule has 1 amide bonds. The minimum atomic E-state index is -0.000812. The van der Waals surface area contributed by atoms with E-state index in [1.165, 1.54) is 16.7 Å². The molecular formula is C25H33N3O2. The van der Waals surface area contributed by atoms with E-state index >= 15 is 0 Å². The van der Waals surface area contributed by atoms with Gasteiger partial charge in [0.2, 0.25) is 5.91 Å². The standard InChI is InChI=1S/C25H33N3O2/c1-25(2,3)21-6-4-5-7-22(21)26-24(29)18-28-13-11-27(12-14-28)17-19-8-9-23-20(16-19)10-15-30-23/h4-9,16H,10-15,17-18H2,1-3H3,(H,26,29). The Hall–Kier alpha value is -2.37. The number of carbonyl (C=O) groups excluding carboxylic acids is 1. The fraction of sp³-hybridized carbons (Fsp3) is 0.480. The largest absolute Gasteiger partial charge is 0.493 e. The molecule has 4 rings (SSSR count). The molecule has 1 fully saturated rings. The summed E-state index contributed by atoms with van der Waals surface area (Å²) < 4.78 is 5.60. The van der Waals surface area contributed by atoms with Gasteiger partial charge >= 0.3 is 0 Å². The zero-order valence-electron chi connectivity index (χ0n) is 18.4. The van der Waals surface area contributed by atoms with E-state index in [4.69, 9.17) is 4.74 Å². The molecule has 30 heavy (non-hydrogen) atoms. The third-order valence-corrected chi connectivity index (χ3v) is 6.00. The topological polar surface area (TPSA) is 44.8 Å². The van der Waals surface area contributed by atoms with Gasteiger partial charge in [0.15, 0.2) is 0 Å². The molecular weight excluding hydrogens is 374 g/mol. The van der Waals surface area contributed by atoms with Crippen LogP contribution in [0.15, 0.2) is 42.5 Å². The molecule has 0 radical (unpaired) electrons. The van der Waals surface area contributed by atoms with Gasteiger partial charge in [-0.1, -0.05) is 51.1 Å². The molecule has 1 saturated heterocycles. The second-order valence-corrected chi connectivity index (χ2v) is 9.44. The average molecular weight is 408 g/mol. The van der Waals surface area contributed by atoms with Crippen molar-refractivity contribution in [3.05, 3.63) is 59.2 Å². The fourth-order valence-electron chi connectivity index (χ4n) is 4.34. The number of benzene rings is 2. The first-order valence-electron chi connectivity index (χ1n) is 11.0. The molecule has 5 nitrogen and oxygen atoms in total. The molecule has 0 aliphatic carbocycles. The molecule has 2 aromatic rings. The SMILES string of the molecule is CC(C)(C)c1ccccc1NC(=O)CN1CCN(Cc2ccc3c(c2)CCO3)CC1. The Kier molecular flexibility index (Phi) is 6.11. The van der Waals surface area contributed by atoms with Crippen molar-refractivity contribution in [3.63, 3.8) is 0 Å². The maximum absolute atomic E-state index is 12.7. The molecule has 0 atom stereocenters. The van der Waals surface area contributed by atoms with Crippen molar-refractivity contribution in [1.82, 2.24) is 9.80 Å². The van der Waals surface area contributed by atoms with Gasteiger partial charge in [-0.2, -0.15) is 0 Å². The number of nitrogens with zero attached hydrogens (tertiary/aromatic N) is 2. The second kappa shape index (κ2) is 8.78. The Bertz CT molecular complexity index is 896. The summed E-state index contributed by atoms with van der Waals surface area (Å²) in [5, 5.41) is 3.13. The normalized spacial score (nSPS) is 17.4. The Morgan fingerprint density at radius 1 is 1.03 bits per heavy atom. The van der Waals surface area contributed by atoms with E-state index in [2.05, 4.69) is 60.2 Å². The monoisotopic (exact) mass is 407 g/mol. The second-order valence-electron chi connectivity index (χ2n) is 9.44. The van der Waals surface area contributed by atoms with E-state index in [9.17, 15) is 4.79 Å². The first-order valence-corrected chi connectivity index (χ1v) is 11.0. The van der Waals surface area contributed by atoms with E-state index in [0.29, 0.717) is 6.54 Å². The van der Waals surface area contributed by atoms with Gasteiger partial charge in [-0.25, -0.2) is 0 Å². The molecule has 2 aromatic carbocycles. The summed E-state index contributed by atoms with van der Waals surface area (Å²) in [5.74, 6) is 1.11. The van der Waals surface area contributed by atoms with E-state index in [1.54, 1.807) is 0 Å². The van der Waals surface area contributed by atoms with Gasteiger partial charge in [0.25, 0.3) is 0 Å². The highest BCUT2D eigenvalue weighted by atomic mass is 16.5. The Morgan fingerprint density at radius 3 is 2.53 bits per heavy atom. The third kappa shape index (κ3) is 5.02. The van der Waals surface area contributed by atoms with Crippen LogP contribution in [-0.4, -0.2) is 55.0 Å². The average Bonchev–Trinajstić information content (AvgIpc) is 3.17. The number of piperazine rings is 1. The van der Waals surface area contributed by atoms with E-state index < -0.39 is 0 Å². The van der Waals surface area contributed by atoms with Crippen LogP contribution in [-0.2, 0) is 23.2 Å². The van der Waals surface area contributed by atoms with Crippen LogP contribution in [0.5, 0.6) is 5.75 Å². The van der Waals surface area contributed by atoms with Crippen molar-refractivity contribution in [2.24, 2.45) is 0 Å². The lowest BCUT2D eigenvalue weighted by Crippen LogP contribution is -2.48. The van der Waals surface area contributed by atoms with E-state index in [1.807, 2.05) is 18.2 Å². The number of rotatable bonds is 5. The van der Waals surface area contributed by atoms with Crippen LogP contribution in [0.3, 0.4) is 0 Å². The first-order chi connectivity index (χ1) is 14.4. The Morgan fingerprint density at radius 2 is 1.77 bits per heavy atom. The van der Waals surface area contributed by atoms with E-state index in [-0.39, 0.29) is 11.3 Å². The van der Waals surface area contributed by atoms with Gasteiger partial charge in [-0.05, 0) is 34.2 Å². The van der Waals surface area contributed by atoms with Crippen LogP contribution in [0.2, 0.25) is 0 Å². The predicted octanol–water partition coefficient (Wildman–Crippen LogP) is 3.68. The number of anilines is 1. The lowest BCUT2D eigenvalue weighted by atomic mass is 9.86. The number of amides is 1. The van der Waals surface area contributed by atoms with E-state index in [0.717, 1.165) is 57.2 Å². The summed E-state index contributed by atoms with van der Waals surface area (Å²) in [7, 11) is 0. The number of fused-ring (bicyclic) bond motifs is 1. The number of carbonyl (C=O) groups is 1. The highest BCUT2D eigenvalue weighted by Gasteiger charge is 2.22. The zero-order chi connectivity index (χ0) is 21.1. The minimum Gasteiger partial charge on any atom is -0.493 e. The number of ether oxygens (including phenoxy) is 1. The lowest BCUT2D eigenvalue weighted by molar-refractivity contribution is -0.117. The number of para-hydroxylation sites is 1. The minimum absolute atomic E-state index is 0.000812. The van der Waals surface area contributed by atoms with Crippen molar-refractivity contribution in [2.45, 2.75) is 39.2 Å². The highest BCUT2D eigenvalue weighted by Crippen LogP contribution is 2.29. The summed E-state index contributed by atoms with van der Waals surface area (Å²) in [5.41, 5.74) is 4.78. The lowest BCUT2D eigenvalue weighted by Gasteiger charge is -2.34. The Labute approximate surface area is 180 Å². The van der Waals surface area contributed by atoms with Crippen LogP contribution >= 0.6 is 0 Å². The van der Waals surface area contributed by atoms with Gasteiger partial charge in [0, 0.05) is 44.8 Å². The molecule has 2 aliphatic heterocycles. The van der Waals surface area contributed by atoms with Gasteiger partial charge in [0.05, 0.1) is 13.2 Å². The van der Waals surface area contributed by atoms with Crippen LogP contribution < -0.4 is 10.1 Å². The van der Waals surface area contributed by atoms with Gasteiger partial charge in [-0.3, -0.25) is 14.6 Å². The van der Waals surface area contributed by atoms with Crippen LogP contribution in [0.4, 0.5) is 5.69 Å². The maximum atomic E-state index is 12.7. The molecule has 0 spiro atoms. The maximum Gasteiger partial charge on any atom is 0.238 e. The molecule has 0 saturated carbocycles. The third-order valence-electron chi connectivity index (χ3n) is 6.00. The van der Waals surface area contributed by atoms with Crippen LogP contribution in [0.1, 0.15) is 37.5 Å². The predicted molar refractivity (Wildman–Crippen MR) is 121 cm³/mol. The number of hydrogen-bond donors (Lipinski definition) is 1. The summed E-state index contributed by atoms with van der Waals surface area (Å²) in [6, 6.07) is 14.7. The summed E-state index contributed by atoms with van der Waals surface area (Å²) in [6.07, 6.45) is 1.02. The molecule has 160 valence electrons. The summed E-state index contributed by atoms with van der Waals surface area (Å²) in [6.45, 7) is 12.5. The fourth-order valence-corrected chi connectivity index (χ4v) is 4.34. The molecule has 0 unspecified atom stereocenters. The van der Waals surface area contributed by atoms with Gasteiger partial charge in [0.1, 0.15) is 5.75 Å². The summed E-state index contributed by atoms with van der Waals surface area (Å²) in [4.78, 5) is 17.4. The number of hydrogen-bond acceptors (Lipinski definition) is 4. The molecule has 5 heteroatoms. The van der Waals surface area contributed by atoms with Crippen molar-refractivity contribution in [1.29, 1.82) is 0 Å². The van der Waals surface area contributed by atoms with Crippen molar-refractivity contribution in [3.8, 4) is 5.75 Å². The smallest absolute Gasteiger partial charge is 0.238 e. The molecule has 2 aliphatic rings. The zero-order valence-corrected chi connectivity index (χ0v) is 18.4. The summed E-state index contributed by atoms with van der Waals surface area (Å²) >= 11 is 0.